The quantitative estimate of drug-likeness (QED) is 0.466. The number of rotatable bonds is 7. The van der Waals surface area contributed by atoms with Crippen molar-refractivity contribution in [2.24, 2.45) is 0 Å². The zero-order chi connectivity index (χ0) is 9.52. The van der Waals surface area contributed by atoms with Crippen molar-refractivity contribution in [2.45, 2.75) is 32.2 Å². The van der Waals surface area contributed by atoms with Gasteiger partial charge in [0, 0.05) is 32.1 Å². The van der Waals surface area contributed by atoms with Gasteiger partial charge in [0.25, 0.3) is 0 Å². The fraction of sp³-hybridized carbons (Fsp3) is 0.818. The molecule has 2 nitrogen and oxygen atoms in total. The molecule has 0 saturated heterocycles. The molecule has 0 spiro atoms. The Balaban J connectivity index is 1.94. The number of nitrogens with zero attached hydrogens (tertiary/aromatic N) is 1. The van der Waals surface area contributed by atoms with Crippen molar-refractivity contribution < 1.29 is 0 Å². The van der Waals surface area contributed by atoms with E-state index in [0.29, 0.717) is 0 Å². The van der Waals surface area contributed by atoms with Crippen LogP contribution < -0.4 is 5.32 Å². The first kappa shape index (κ1) is 10.6. The van der Waals surface area contributed by atoms with Crippen LogP contribution in [0.15, 0.2) is 0 Å². The third-order valence-corrected chi connectivity index (χ3v) is 2.49. The van der Waals surface area contributed by atoms with E-state index in [1.54, 1.807) is 0 Å². The molecule has 0 unspecified atom stereocenters. The third-order valence-electron chi connectivity index (χ3n) is 2.49. The predicted molar refractivity (Wildman–Crippen MR) is 56.6 cm³/mol. The molecule has 1 fully saturated rings. The Morgan fingerprint density at radius 2 is 2.23 bits per heavy atom. The smallest absolute Gasteiger partial charge is 0.0211 e. The van der Waals surface area contributed by atoms with Crippen LogP contribution in [-0.2, 0) is 0 Å². The maximum absolute atomic E-state index is 5.15. The second-order valence-corrected chi connectivity index (χ2v) is 3.56. The van der Waals surface area contributed by atoms with Gasteiger partial charge in [-0.2, -0.15) is 0 Å². The van der Waals surface area contributed by atoms with Gasteiger partial charge >= 0.3 is 0 Å². The molecule has 1 rings (SSSR count). The van der Waals surface area contributed by atoms with Gasteiger partial charge in [-0.3, -0.25) is 4.90 Å². The molecule has 2 heteroatoms. The molecule has 0 bridgehead atoms. The zero-order valence-electron chi connectivity index (χ0n) is 8.55. The van der Waals surface area contributed by atoms with Gasteiger partial charge < -0.3 is 5.32 Å². The second-order valence-electron chi connectivity index (χ2n) is 3.56. The zero-order valence-corrected chi connectivity index (χ0v) is 8.55. The van der Waals surface area contributed by atoms with Crippen LogP contribution in [0.3, 0.4) is 0 Å². The van der Waals surface area contributed by atoms with Gasteiger partial charge in [-0.05, 0) is 19.4 Å². The van der Waals surface area contributed by atoms with Crippen LogP contribution in [0.2, 0.25) is 0 Å². The van der Waals surface area contributed by atoms with E-state index in [-0.39, 0.29) is 0 Å². The van der Waals surface area contributed by atoms with E-state index in [1.807, 2.05) is 0 Å². The lowest BCUT2D eigenvalue weighted by molar-refractivity contribution is 0.277. The van der Waals surface area contributed by atoms with Crippen molar-refractivity contribution in [3.05, 3.63) is 0 Å². The number of hydrogen-bond donors (Lipinski definition) is 1. The van der Waals surface area contributed by atoms with Gasteiger partial charge in [0.15, 0.2) is 0 Å². The van der Waals surface area contributed by atoms with Crippen molar-refractivity contribution in [2.75, 3.05) is 26.2 Å². The molecule has 0 atom stereocenters. The normalized spacial score (nSPS) is 16.1. The van der Waals surface area contributed by atoms with Gasteiger partial charge in [0.05, 0.1) is 0 Å². The first-order chi connectivity index (χ1) is 6.38. The van der Waals surface area contributed by atoms with Crippen LogP contribution in [0.25, 0.3) is 0 Å². The molecule has 74 valence electrons. The number of nitrogens with one attached hydrogen (secondary N) is 1. The third kappa shape index (κ3) is 4.31. The van der Waals surface area contributed by atoms with E-state index in [1.165, 1.54) is 25.9 Å². The molecule has 0 radical (unpaired) electrons. The van der Waals surface area contributed by atoms with Gasteiger partial charge in [0.2, 0.25) is 0 Å². The fourth-order valence-corrected chi connectivity index (χ4v) is 1.55. The van der Waals surface area contributed by atoms with E-state index < -0.39 is 0 Å². The lowest BCUT2D eigenvalue weighted by atomic mass is 10.4. The minimum Gasteiger partial charge on any atom is -0.315 e. The molecule has 13 heavy (non-hydrogen) atoms. The summed E-state index contributed by atoms with van der Waals surface area (Å²) in [5, 5.41) is 3.35. The Bertz CT molecular complexity index is 167. The van der Waals surface area contributed by atoms with Crippen LogP contribution in [0, 0.1) is 12.3 Å². The van der Waals surface area contributed by atoms with Crippen molar-refractivity contribution in [3.63, 3.8) is 0 Å². The number of hydrogen-bond acceptors (Lipinski definition) is 2. The van der Waals surface area contributed by atoms with Gasteiger partial charge in [-0.25, -0.2) is 0 Å². The van der Waals surface area contributed by atoms with Gasteiger partial charge in [-0.1, -0.05) is 6.92 Å². The largest absolute Gasteiger partial charge is 0.315 e. The predicted octanol–water partition coefficient (Wildman–Crippen LogP) is 1.08. The first-order valence-corrected chi connectivity index (χ1v) is 5.26. The van der Waals surface area contributed by atoms with Crippen LogP contribution in [0.1, 0.15) is 26.2 Å². The minimum absolute atomic E-state index is 0.843. The van der Waals surface area contributed by atoms with E-state index >= 15 is 0 Å². The SMILES string of the molecule is C#CCCNCCN(CC)C1CC1. The molecule has 1 N–H and O–H groups in total. The minimum atomic E-state index is 0.843. The molecule has 0 amide bonds. The highest BCUT2D eigenvalue weighted by Crippen LogP contribution is 2.25. The van der Waals surface area contributed by atoms with Crippen LogP contribution in [0.4, 0.5) is 0 Å². The highest BCUT2D eigenvalue weighted by atomic mass is 15.2. The van der Waals surface area contributed by atoms with Crippen LogP contribution in [-0.4, -0.2) is 37.1 Å². The molecule has 0 aromatic heterocycles. The van der Waals surface area contributed by atoms with Crippen LogP contribution in [0.5, 0.6) is 0 Å². The summed E-state index contributed by atoms with van der Waals surface area (Å²) in [6.07, 6.45) is 8.80. The highest BCUT2D eigenvalue weighted by Gasteiger charge is 2.26. The Kier molecular flexibility index (Phi) is 4.88. The fourth-order valence-electron chi connectivity index (χ4n) is 1.55. The summed E-state index contributed by atoms with van der Waals surface area (Å²) >= 11 is 0. The molecule has 0 aliphatic heterocycles. The Morgan fingerprint density at radius 3 is 2.77 bits per heavy atom. The molecule has 1 saturated carbocycles. The Hall–Kier alpha value is -0.520. The molecule has 0 aromatic carbocycles. The molecule has 0 aromatic rings. The monoisotopic (exact) mass is 180 g/mol. The number of terminal acetylenes is 1. The summed E-state index contributed by atoms with van der Waals surface area (Å²) in [4.78, 5) is 2.54. The van der Waals surface area contributed by atoms with Crippen molar-refractivity contribution in [3.8, 4) is 12.3 Å². The molecule has 1 aliphatic rings. The summed E-state index contributed by atoms with van der Waals surface area (Å²) in [6.45, 7) is 6.62. The molecular weight excluding hydrogens is 160 g/mol. The van der Waals surface area contributed by atoms with Crippen molar-refractivity contribution in [1.82, 2.24) is 10.2 Å². The number of likely N-dealkylation sites (N-methyl/N-ethyl adjacent to an activating group) is 1. The highest BCUT2D eigenvalue weighted by molar-refractivity contribution is 4.85. The van der Waals surface area contributed by atoms with Gasteiger partial charge in [-0.15, -0.1) is 12.3 Å². The van der Waals surface area contributed by atoms with E-state index in [4.69, 9.17) is 6.42 Å². The first-order valence-electron chi connectivity index (χ1n) is 5.26. The maximum atomic E-state index is 5.15. The van der Waals surface area contributed by atoms with Gasteiger partial charge in [0.1, 0.15) is 0 Å². The van der Waals surface area contributed by atoms with Crippen molar-refractivity contribution >= 4 is 0 Å². The Morgan fingerprint density at radius 1 is 1.46 bits per heavy atom. The topological polar surface area (TPSA) is 15.3 Å². The maximum Gasteiger partial charge on any atom is 0.0211 e. The average molecular weight is 180 g/mol. The summed E-state index contributed by atoms with van der Waals surface area (Å²) in [5.41, 5.74) is 0. The van der Waals surface area contributed by atoms with E-state index in [9.17, 15) is 0 Å². The molecular formula is C11H20N2. The Labute approximate surface area is 81.7 Å². The standard InChI is InChI=1S/C11H20N2/c1-3-5-8-12-9-10-13(4-2)11-6-7-11/h1,11-12H,4-10H2,2H3. The van der Waals surface area contributed by atoms with E-state index in [2.05, 4.69) is 23.1 Å². The summed E-state index contributed by atoms with van der Waals surface area (Å²) < 4.78 is 0. The summed E-state index contributed by atoms with van der Waals surface area (Å²) in [5.74, 6) is 2.63. The summed E-state index contributed by atoms with van der Waals surface area (Å²) in [7, 11) is 0. The van der Waals surface area contributed by atoms with Crippen LogP contribution >= 0.6 is 0 Å². The lowest BCUT2D eigenvalue weighted by Gasteiger charge is -2.19. The summed E-state index contributed by atoms with van der Waals surface area (Å²) in [6, 6.07) is 0.888. The average Bonchev–Trinajstić information content (AvgIpc) is 2.95. The van der Waals surface area contributed by atoms with Crippen molar-refractivity contribution in [1.29, 1.82) is 0 Å². The van der Waals surface area contributed by atoms with E-state index in [0.717, 1.165) is 25.6 Å². The lowest BCUT2D eigenvalue weighted by Crippen LogP contribution is -2.33. The molecule has 0 heterocycles. The molecule has 1 aliphatic carbocycles. The second kappa shape index (κ2) is 6.01.